The Hall–Kier alpha value is -3.28. The Morgan fingerprint density at radius 1 is 1.03 bits per heavy atom. The largest absolute Gasteiger partial charge is 0.344 e. The van der Waals surface area contributed by atoms with E-state index in [9.17, 15) is 4.79 Å². The first kappa shape index (κ1) is 23.5. The van der Waals surface area contributed by atoms with Gasteiger partial charge in [-0.2, -0.15) is 0 Å². The van der Waals surface area contributed by atoms with Crippen LogP contribution in [-0.2, 0) is 13.1 Å². The number of amides is 1. The number of aryl methyl sites for hydroxylation is 1. The summed E-state index contributed by atoms with van der Waals surface area (Å²) in [5.41, 5.74) is 15.8. The molecule has 3 aromatic carbocycles. The van der Waals surface area contributed by atoms with Crippen LogP contribution in [0.2, 0.25) is 0 Å². The molecule has 3 aromatic rings. The van der Waals surface area contributed by atoms with Crippen molar-refractivity contribution in [1.29, 1.82) is 0 Å². The van der Waals surface area contributed by atoms with Crippen LogP contribution < -0.4 is 11.1 Å². The van der Waals surface area contributed by atoms with Crippen LogP contribution in [-0.4, -0.2) is 36.2 Å². The second-order valence-electron chi connectivity index (χ2n) is 9.85. The first-order valence-electron chi connectivity index (χ1n) is 12.6. The van der Waals surface area contributed by atoms with Gasteiger partial charge in [0.2, 0.25) is 0 Å². The highest BCUT2D eigenvalue weighted by Crippen LogP contribution is 2.29. The summed E-state index contributed by atoms with van der Waals surface area (Å²) in [6.07, 6.45) is 2.48. The molecule has 5 heteroatoms. The molecule has 0 radical (unpaired) electrons. The second kappa shape index (κ2) is 10.1. The maximum atomic E-state index is 13.5. The number of benzene rings is 3. The molecule has 1 amide bonds. The number of carbonyl (C=O) groups excluding carboxylic acids is 1. The molecule has 180 valence electrons. The van der Waals surface area contributed by atoms with Crippen molar-refractivity contribution < 1.29 is 4.79 Å². The standard InChI is InChI=1S/C30H34N4O/c1-20-6-5-7-24(12-20)29(17-31)33-30(35)27-14-22(19-34-10-3-4-11-34)13-26(15-27)23-8-9-25-18-32-21(2)28(25)16-23/h5-9,12-16,29H,3-4,10-11,17-19,31H2,1-2H3,(H,33,35). The molecule has 2 heterocycles. The number of likely N-dealkylation sites (tertiary alicyclic amines) is 1. The predicted octanol–water partition coefficient (Wildman–Crippen LogP) is 5.01. The molecule has 1 fully saturated rings. The van der Waals surface area contributed by atoms with Crippen molar-refractivity contribution in [1.82, 2.24) is 10.2 Å². The Balaban J connectivity index is 1.48. The first-order valence-corrected chi connectivity index (χ1v) is 12.6. The summed E-state index contributed by atoms with van der Waals surface area (Å²) < 4.78 is 0. The Bertz CT molecular complexity index is 1270. The molecule has 0 spiro atoms. The van der Waals surface area contributed by atoms with Crippen molar-refractivity contribution in [2.24, 2.45) is 10.7 Å². The van der Waals surface area contributed by atoms with Gasteiger partial charge in [0.05, 0.1) is 12.6 Å². The molecule has 3 N–H and O–H groups in total. The van der Waals surface area contributed by atoms with Crippen molar-refractivity contribution >= 4 is 11.6 Å². The van der Waals surface area contributed by atoms with Gasteiger partial charge in [0.25, 0.3) is 5.91 Å². The van der Waals surface area contributed by atoms with E-state index in [0.29, 0.717) is 12.1 Å². The summed E-state index contributed by atoms with van der Waals surface area (Å²) in [6.45, 7) is 8.30. The number of hydrogen-bond donors (Lipinski definition) is 2. The molecule has 1 saturated heterocycles. The minimum absolute atomic E-state index is 0.0922. The minimum Gasteiger partial charge on any atom is -0.344 e. The Kier molecular flexibility index (Phi) is 6.80. The molecule has 35 heavy (non-hydrogen) atoms. The molecule has 5 nitrogen and oxygen atoms in total. The molecule has 0 aliphatic carbocycles. The normalized spacial score (nSPS) is 16.1. The summed E-state index contributed by atoms with van der Waals surface area (Å²) >= 11 is 0. The smallest absolute Gasteiger partial charge is 0.251 e. The molecule has 1 atom stereocenters. The van der Waals surface area contributed by atoms with Crippen LogP contribution in [0.5, 0.6) is 0 Å². The summed E-state index contributed by atoms with van der Waals surface area (Å²) in [4.78, 5) is 20.5. The number of nitrogens with one attached hydrogen (secondary N) is 1. The SMILES string of the molecule is CC1=NCc2ccc(-c3cc(CN4CCCC4)cc(C(=O)NC(CN)c4cccc(C)c4)c3)cc21. The Morgan fingerprint density at radius 3 is 2.63 bits per heavy atom. The van der Waals surface area contributed by atoms with Crippen LogP contribution in [0.3, 0.4) is 0 Å². The van der Waals surface area contributed by atoms with Gasteiger partial charge >= 0.3 is 0 Å². The fraction of sp³-hybridized carbons (Fsp3) is 0.333. The fourth-order valence-corrected chi connectivity index (χ4v) is 5.21. The second-order valence-corrected chi connectivity index (χ2v) is 9.85. The number of hydrogen-bond acceptors (Lipinski definition) is 4. The molecule has 0 bridgehead atoms. The lowest BCUT2D eigenvalue weighted by Gasteiger charge is -2.20. The molecule has 2 aliphatic heterocycles. The van der Waals surface area contributed by atoms with E-state index in [1.54, 1.807) is 0 Å². The number of fused-ring (bicyclic) bond motifs is 1. The molecule has 0 aromatic heterocycles. The lowest BCUT2D eigenvalue weighted by molar-refractivity contribution is 0.0937. The molecule has 1 unspecified atom stereocenters. The topological polar surface area (TPSA) is 70.7 Å². The Labute approximate surface area is 208 Å². The predicted molar refractivity (Wildman–Crippen MR) is 143 cm³/mol. The van der Waals surface area contributed by atoms with Crippen LogP contribution in [0, 0.1) is 6.92 Å². The average molecular weight is 467 g/mol. The van der Waals surface area contributed by atoms with Crippen LogP contribution in [0.25, 0.3) is 11.1 Å². The van der Waals surface area contributed by atoms with Crippen LogP contribution in [0.15, 0.2) is 65.7 Å². The van der Waals surface area contributed by atoms with Crippen LogP contribution in [0.1, 0.15) is 64.0 Å². The van der Waals surface area contributed by atoms with Crippen molar-refractivity contribution in [3.63, 3.8) is 0 Å². The maximum absolute atomic E-state index is 13.5. The number of nitrogens with zero attached hydrogens (tertiary/aromatic N) is 2. The van der Waals surface area contributed by atoms with Gasteiger partial charge in [0, 0.05) is 29.9 Å². The van der Waals surface area contributed by atoms with Gasteiger partial charge in [0.15, 0.2) is 0 Å². The molecular weight excluding hydrogens is 432 g/mol. The summed E-state index contributed by atoms with van der Waals surface area (Å²) in [5.74, 6) is -0.0922. The van der Waals surface area contributed by atoms with Crippen molar-refractivity contribution in [3.05, 3.63) is 94.0 Å². The first-order chi connectivity index (χ1) is 17.0. The molecule has 5 rings (SSSR count). The number of nitrogens with two attached hydrogens (primary N) is 1. The van der Waals surface area contributed by atoms with Gasteiger partial charge in [-0.25, -0.2) is 0 Å². The van der Waals surface area contributed by atoms with E-state index in [1.165, 1.54) is 29.5 Å². The van der Waals surface area contributed by atoms with Crippen molar-refractivity contribution in [3.8, 4) is 11.1 Å². The van der Waals surface area contributed by atoms with E-state index in [-0.39, 0.29) is 11.9 Å². The third-order valence-electron chi connectivity index (χ3n) is 7.16. The molecule has 2 aliphatic rings. The quantitative estimate of drug-likeness (QED) is 0.514. The maximum Gasteiger partial charge on any atom is 0.251 e. The number of carbonyl (C=O) groups is 1. The van der Waals surface area contributed by atoms with E-state index in [2.05, 4.69) is 65.5 Å². The van der Waals surface area contributed by atoms with Gasteiger partial charge in [0.1, 0.15) is 0 Å². The lowest BCUT2D eigenvalue weighted by atomic mass is 9.95. The average Bonchev–Trinajstić information content (AvgIpc) is 3.51. The van der Waals surface area contributed by atoms with Crippen molar-refractivity contribution in [2.75, 3.05) is 19.6 Å². The minimum atomic E-state index is -0.230. The van der Waals surface area contributed by atoms with E-state index in [1.807, 2.05) is 24.3 Å². The zero-order chi connectivity index (χ0) is 24.4. The van der Waals surface area contributed by atoms with Gasteiger partial charge in [-0.1, -0.05) is 42.0 Å². The highest BCUT2D eigenvalue weighted by molar-refractivity contribution is 6.03. The molecular formula is C30H34N4O. The zero-order valence-electron chi connectivity index (χ0n) is 20.7. The lowest BCUT2D eigenvalue weighted by Crippen LogP contribution is -2.33. The number of aliphatic imine (C=N–C) groups is 1. The Morgan fingerprint density at radius 2 is 1.86 bits per heavy atom. The highest BCUT2D eigenvalue weighted by Gasteiger charge is 2.19. The van der Waals surface area contributed by atoms with Gasteiger partial charge in [-0.05, 0) is 91.9 Å². The molecule has 0 saturated carbocycles. The summed E-state index contributed by atoms with van der Waals surface area (Å²) in [6, 6.07) is 20.8. The third-order valence-corrected chi connectivity index (χ3v) is 7.16. The van der Waals surface area contributed by atoms with E-state index < -0.39 is 0 Å². The monoisotopic (exact) mass is 466 g/mol. The summed E-state index contributed by atoms with van der Waals surface area (Å²) in [5, 5.41) is 3.18. The van der Waals surface area contributed by atoms with Gasteiger partial charge < -0.3 is 11.1 Å². The number of rotatable bonds is 7. The van der Waals surface area contributed by atoms with E-state index in [0.717, 1.165) is 54.1 Å². The van der Waals surface area contributed by atoms with E-state index >= 15 is 0 Å². The van der Waals surface area contributed by atoms with Crippen LogP contribution >= 0.6 is 0 Å². The highest BCUT2D eigenvalue weighted by atomic mass is 16.1. The van der Waals surface area contributed by atoms with E-state index in [4.69, 9.17) is 5.73 Å². The summed E-state index contributed by atoms with van der Waals surface area (Å²) in [7, 11) is 0. The van der Waals surface area contributed by atoms with Crippen molar-refractivity contribution in [2.45, 2.75) is 45.8 Å². The van der Waals surface area contributed by atoms with Crippen LogP contribution in [0.4, 0.5) is 0 Å². The fourth-order valence-electron chi connectivity index (χ4n) is 5.21. The van der Waals surface area contributed by atoms with Gasteiger partial charge in [-0.3, -0.25) is 14.7 Å². The van der Waals surface area contributed by atoms with Gasteiger partial charge in [-0.15, -0.1) is 0 Å². The zero-order valence-corrected chi connectivity index (χ0v) is 20.7. The third kappa shape index (κ3) is 5.21.